The van der Waals surface area contributed by atoms with E-state index in [4.69, 9.17) is 23.2 Å². The van der Waals surface area contributed by atoms with Crippen molar-refractivity contribution in [1.82, 2.24) is 0 Å². The molecule has 0 aliphatic carbocycles. The maximum Gasteiger partial charge on any atom is 0.101 e. The minimum absolute atomic E-state index is 0.522. The summed E-state index contributed by atoms with van der Waals surface area (Å²) in [5.41, 5.74) is 0.718. The zero-order valence-corrected chi connectivity index (χ0v) is 13.8. The zero-order valence-electron chi connectivity index (χ0n) is 10.7. The predicted molar refractivity (Wildman–Crippen MR) is 88.1 cm³/mol. The molecule has 0 spiro atoms. The number of hydrogen-bond donors (Lipinski definition) is 0. The van der Waals surface area contributed by atoms with Gasteiger partial charge in [-0.25, -0.2) is 0 Å². The Bertz CT molecular complexity index is 665. The second kappa shape index (κ2) is 7.28. The molecule has 0 fully saturated rings. The summed E-state index contributed by atoms with van der Waals surface area (Å²) in [7, 11) is 0. The van der Waals surface area contributed by atoms with Crippen LogP contribution in [-0.4, -0.2) is 5.75 Å². The standard InChI is InChI=1S/C15H11Cl2NS2/c1-2-19-14-4-3-5-15(11(14)9-18)20-10-6-7-12(16)13(17)8-10/h3-8H,2H2,1H3. The molecular formula is C15H11Cl2NS2. The van der Waals surface area contributed by atoms with Gasteiger partial charge in [0.05, 0.1) is 15.6 Å². The second-order valence-electron chi connectivity index (χ2n) is 3.85. The van der Waals surface area contributed by atoms with Crippen LogP contribution in [0.3, 0.4) is 0 Å². The first-order chi connectivity index (χ1) is 9.65. The highest BCUT2D eigenvalue weighted by Crippen LogP contribution is 2.37. The smallest absolute Gasteiger partial charge is 0.101 e. The van der Waals surface area contributed by atoms with E-state index >= 15 is 0 Å². The van der Waals surface area contributed by atoms with Crippen LogP contribution in [0.15, 0.2) is 51.1 Å². The molecule has 1 nitrogen and oxygen atoms in total. The Morgan fingerprint density at radius 1 is 1.10 bits per heavy atom. The van der Waals surface area contributed by atoms with Gasteiger partial charge in [0.1, 0.15) is 6.07 Å². The van der Waals surface area contributed by atoms with Crippen LogP contribution in [0.5, 0.6) is 0 Å². The SMILES string of the molecule is CCSc1cccc(Sc2ccc(Cl)c(Cl)c2)c1C#N. The maximum atomic E-state index is 9.38. The summed E-state index contributed by atoms with van der Waals surface area (Å²) in [6.45, 7) is 2.07. The van der Waals surface area contributed by atoms with Crippen LogP contribution < -0.4 is 0 Å². The van der Waals surface area contributed by atoms with E-state index in [-0.39, 0.29) is 0 Å². The topological polar surface area (TPSA) is 23.8 Å². The molecule has 102 valence electrons. The highest BCUT2D eigenvalue weighted by atomic mass is 35.5. The monoisotopic (exact) mass is 339 g/mol. The van der Waals surface area contributed by atoms with Gasteiger partial charge in [0.25, 0.3) is 0 Å². The van der Waals surface area contributed by atoms with Crippen LogP contribution in [0.1, 0.15) is 12.5 Å². The first kappa shape index (κ1) is 15.6. The normalized spacial score (nSPS) is 10.3. The van der Waals surface area contributed by atoms with Gasteiger partial charge in [0.15, 0.2) is 0 Å². The summed E-state index contributed by atoms with van der Waals surface area (Å²) >= 11 is 15.1. The van der Waals surface area contributed by atoms with Gasteiger partial charge in [-0.05, 0) is 36.1 Å². The molecule has 0 aliphatic heterocycles. The molecule has 0 amide bonds. The van der Waals surface area contributed by atoms with Gasteiger partial charge >= 0.3 is 0 Å². The molecule has 2 rings (SSSR count). The van der Waals surface area contributed by atoms with Gasteiger partial charge in [0, 0.05) is 14.7 Å². The van der Waals surface area contributed by atoms with Gasteiger partial charge in [-0.1, -0.05) is 48.0 Å². The van der Waals surface area contributed by atoms with Crippen LogP contribution in [-0.2, 0) is 0 Å². The molecule has 0 bridgehead atoms. The first-order valence-electron chi connectivity index (χ1n) is 5.94. The molecule has 0 N–H and O–H groups in total. The van der Waals surface area contributed by atoms with Crippen molar-refractivity contribution in [3.63, 3.8) is 0 Å². The summed E-state index contributed by atoms with van der Waals surface area (Å²) in [5, 5.41) is 10.4. The summed E-state index contributed by atoms with van der Waals surface area (Å²) in [6.07, 6.45) is 0. The average Bonchev–Trinajstić information content (AvgIpc) is 2.44. The van der Waals surface area contributed by atoms with E-state index in [0.29, 0.717) is 10.0 Å². The van der Waals surface area contributed by atoms with Crippen LogP contribution in [0.25, 0.3) is 0 Å². The fourth-order valence-electron chi connectivity index (χ4n) is 1.65. The molecule has 20 heavy (non-hydrogen) atoms. The van der Waals surface area contributed by atoms with Crippen molar-refractivity contribution in [2.45, 2.75) is 21.6 Å². The Morgan fingerprint density at radius 3 is 2.50 bits per heavy atom. The van der Waals surface area contributed by atoms with Crippen molar-refractivity contribution in [2.24, 2.45) is 0 Å². The van der Waals surface area contributed by atoms with Crippen LogP contribution in [0.4, 0.5) is 0 Å². The second-order valence-corrected chi connectivity index (χ2v) is 7.09. The molecule has 0 unspecified atom stereocenters. The quantitative estimate of drug-likeness (QED) is 0.626. The van der Waals surface area contributed by atoms with E-state index in [1.165, 1.54) is 11.8 Å². The molecule has 0 aromatic heterocycles. The minimum Gasteiger partial charge on any atom is -0.192 e. The molecule has 0 radical (unpaired) electrons. The van der Waals surface area contributed by atoms with Gasteiger partial charge in [0.2, 0.25) is 0 Å². The number of nitrogens with zero attached hydrogens (tertiary/aromatic N) is 1. The lowest BCUT2D eigenvalue weighted by atomic mass is 10.2. The third-order valence-corrected chi connectivity index (χ3v) is 5.25. The number of benzene rings is 2. The lowest BCUT2D eigenvalue weighted by Gasteiger charge is -2.08. The van der Waals surface area contributed by atoms with Gasteiger partial charge in [-0.15, -0.1) is 11.8 Å². The van der Waals surface area contributed by atoms with E-state index in [2.05, 4.69) is 13.0 Å². The summed E-state index contributed by atoms with van der Waals surface area (Å²) in [5.74, 6) is 0.940. The lowest BCUT2D eigenvalue weighted by Crippen LogP contribution is -1.86. The summed E-state index contributed by atoms with van der Waals surface area (Å²) < 4.78 is 0. The van der Waals surface area contributed by atoms with E-state index in [0.717, 1.165) is 26.0 Å². The Balaban J connectivity index is 2.35. The Hall–Kier alpha value is -0.790. The summed E-state index contributed by atoms with van der Waals surface area (Å²) in [6, 6.07) is 13.7. The van der Waals surface area contributed by atoms with Gasteiger partial charge < -0.3 is 0 Å². The van der Waals surface area contributed by atoms with Crippen molar-refractivity contribution in [3.8, 4) is 6.07 Å². The summed E-state index contributed by atoms with van der Waals surface area (Å²) in [4.78, 5) is 2.92. The molecule has 0 saturated carbocycles. The van der Waals surface area contributed by atoms with Gasteiger partial charge in [-0.3, -0.25) is 0 Å². The maximum absolute atomic E-state index is 9.38. The minimum atomic E-state index is 0.522. The number of hydrogen-bond acceptors (Lipinski definition) is 3. The highest BCUT2D eigenvalue weighted by molar-refractivity contribution is 8.00. The van der Waals surface area contributed by atoms with Crippen molar-refractivity contribution >= 4 is 46.7 Å². The fraction of sp³-hybridized carbons (Fsp3) is 0.133. The fourth-order valence-corrected chi connectivity index (χ4v) is 3.83. The number of halogens is 2. The van der Waals surface area contributed by atoms with E-state index in [1.54, 1.807) is 17.8 Å². The van der Waals surface area contributed by atoms with Crippen LogP contribution >= 0.6 is 46.7 Å². The molecular weight excluding hydrogens is 329 g/mol. The van der Waals surface area contributed by atoms with E-state index in [9.17, 15) is 5.26 Å². The Morgan fingerprint density at radius 2 is 1.85 bits per heavy atom. The molecule has 0 heterocycles. The number of rotatable bonds is 4. The van der Waals surface area contributed by atoms with Crippen molar-refractivity contribution in [3.05, 3.63) is 52.0 Å². The molecule has 0 atom stereocenters. The third-order valence-electron chi connectivity index (χ3n) is 2.52. The largest absolute Gasteiger partial charge is 0.192 e. The molecule has 0 aliphatic rings. The molecule has 0 saturated heterocycles. The average molecular weight is 340 g/mol. The van der Waals surface area contributed by atoms with Crippen LogP contribution in [0, 0.1) is 11.3 Å². The van der Waals surface area contributed by atoms with Crippen molar-refractivity contribution in [1.29, 1.82) is 5.26 Å². The number of thioether (sulfide) groups is 1. The first-order valence-corrected chi connectivity index (χ1v) is 8.50. The Kier molecular flexibility index (Phi) is 5.68. The van der Waals surface area contributed by atoms with Crippen LogP contribution in [0.2, 0.25) is 10.0 Å². The molecule has 2 aromatic carbocycles. The van der Waals surface area contributed by atoms with Crippen molar-refractivity contribution in [2.75, 3.05) is 5.75 Å². The molecule has 2 aromatic rings. The lowest BCUT2D eigenvalue weighted by molar-refractivity contribution is 1.25. The highest BCUT2D eigenvalue weighted by Gasteiger charge is 2.10. The zero-order chi connectivity index (χ0) is 14.5. The predicted octanol–water partition coefficient (Wildman–Crippen LogP) is 6.13. The third kappa shape index (κ3) is 3.65. The van der Waals surface area contributed by atoms with Crippen molar-refractivity contribution < 1.29 is 0 Å². The van der Waals surface area contributed by atoms with E-state index in [1.807, 2.05) is 30.3 Å². The van der Waals surface area contributed by atoms with E-state index < -0.39 is 0 Å². The molecule has 5 heteroatoms. The Labute approximate surface area is 137 Å². The van der Waals surface area contributed by atoms with Gasteiger partial charge in [-0.2, -0.15) is 5.26 Å². The number of nitriles is 1.